The summed E-state index contributed by atoms with van der Waals surface area (Å²) in [5.41, 5.74) is -2.88. The van der Waals surface area contributed by atoms with E-state index in [0.717, 1.165) is 123 Å². The Morgan fingerprint density at radius 2 is 1.03 bits per heavy atom. The molecule has 4 aromatic rings. The molecule has 2 unspecified atom stereocenters. The van der Waals surface area contributed by atoms with Gasteiger partial charge in [-0.1, -0.05) is 103 Å². The first-order valence-corrected chi connectivity index (χ1v) is 31.1. The largest absolute Gasteiger partial charge is 0.516 e. The number of alkyl halides is 6. The van der Waals surface area contributed by atoms with Gasteiger partial charge in [-0.25, -0.2) is 18.0 Å². The minimum Gasteiger partial charge on any atom is -0.460 e. The summed E-state index contributed by atoms with van der Waals surface area (Å²) < 4.78 is 141. The van der Waals surface area contributed by atoms with Crippen molar-refractivity contribution in [3.05, 3.63) is 45.4 Å². The number of aryl methyl sites for hydroxylation is 2. The second kappa shape index (κ2) is 29.7. The van der Waals surface area contributed by atoms with Gasteiger partial charge in [0, 0.05) is 36.5 Å². The topological polar surface area (TPSA) is 252 Å². The number of benzene rings is 2. The van der Waals surface area contributed by atoms with Gasteiger partial charge in [0.15, 0.2) is 5.75 Å². The maximum Gasteiger partial charge on any atom is 0.516 e. The molecular weight excluding hydrogens is 1130 g/mol. The summed E-state index contributed by atoms with van der Waals surface area (Å²) in [5, 5.41) is 31.0. The first kappa shape index (κ1) is 64.2. The minimum atomic E-state index is -5.72. The predicted octanol–water partition coefficient (Wildman–Crippen LogP) is 13.8. The number of hydrogen-bond donors (Lipinski definition) is 2. The van der Waals surface area contributed by atoms with Crippen LogP contribution in [0.25, 0.3) is 0 Å². The molecule has 2 aromatic heterocycles. The fourth-order valence-electron chi connectivity index (χ4n) is 8.61. The SMILES string of the molecule is CCCCCN1c2cc(NS(=O)(=O)C(F)(F)F)c(N=Nc3nnc(C(=O)OCCCC)s3)cc2CCC1CC.CCCCCN1c2cc(NS(=O)(=O)CC(F)(F)F)c(N=Nc3nnc(C(=O)OCCCC)s3)cc2CCC1CC. The van der Waals surface area contributed by atoms with Gasteiger partial charge in [0.2, 0.25) is 20.0 Å². The van der Waals surface area contributed by atoms with Crippen LogP contribution in [0.3, 0.4) is 0 Å². The Morgan fingerprint density at radius 1 is 0.608 bits per heavy atom. The Hall–Kier alpha value is -5.62. The van der Waals surface area contributed by atoms with Crippen LogP contribution in [0.2, 0.25) is 0 Å². The lowest BCUT2D eigenvalue weighted by Gasteiger charge is -2.39. The predicted molar refractivity (Wildman–Crippen MR) is 292 cm³/mol. The number of sulfonamides is 2. The van der Waals surface area contributed by atoms with Crippen molar-refractivity contribution in [2.45, 2.75) is 168 Å². The molecule has 0 bridgehead atoms. The molecule has 0 saturated carbocycles. The molecule has 30 heteroatoms. The van der Waals surface area contributed by atoms with Crippen LogP contribution in [0.1, 0.15) is 162 Å². The van der Waals surface area contributed by atoms with Gasteiger partial charge in [0.05, 0.1) is 24.6 Å². The highest BCUT2D eigenvalue weighted by molar-refractivity contribution is 7.93. The summed E-state index contributed by atoms with van der Waals surface area (Å²) in [4.78, 5) is 28.5. The van der Waals surface area contributed by atoms with E-state index in [1.807, 2.05) is 20.8 Å². The molecule has 0 spiro atoms. The van der Waals surface area contributed by atoms with Crippen molar-refractivity contribution in [1.82, 2.24) is 20.4 Å². The van der Waals surface area contributed by atoms with E-state index in [-0.39, 0.29) is 68.3 Å². The van der Waals surface area contributed by atoms with Crippen LogP contribution >= 0.6 is 22.7 Å². The number of nitrogens with zero attached hydrogens (tertiary/aromatic N) is 10. The number of esters is 2. The van der Waals surface area contributed by atoms with Crippen LogP contribution in [0, 0.1) is 0 Å². The monoisotopic (exact) mass is 1190 g/mol. The van der Waals surface area contributed by atoms with Crippen molar-refractivity contribution in [1.29, 1.82) is 0 Å². The number of unbranched alkanes of at least 4 members (excludes halogenated alkanes) is 6. The van der Waals surface area contributed by atoms with Gasteiger partial charge in [0.25, 0.3) is 10.3 Å². The van der Waals surface area contributed by atoms with Crippen molar-refractivity contribution in [2.24, 2.45) is 20.5 Å². The standard InChI is InChI=1S/C25H35F3N6O4S2.C24H33F3N6O4S2/c1-4-7-9-12-34-18(6-3)11-10-17-14-19(20(15-21(17)34)33-40(36,37)16-25(26,27)28)29-31-24-32-30-22(39-24)23(35)38-13-8-5-2;1-4-7-9-12-33-17(6-3)11-10-16-14-18(19(15-20(16)33)32-39(35,36)24(25,26)27)28-30-23-31-29-21(38-23)22(34)37-13-8-5-2/h14-15,18,33H,4-13,16H2,1-3H3;14-15,17,32H,4-13H2,1-3H3. The molecule has 0 aliphatic carbocycles. The molecule has 438 valence electrons. The summed E-state index contributed by atoms with van der Waals surface area (Å²) in [7, 11) is -10.5. The smallest absolute Gasteiger partial charge is 0.460 e. The first-order chi connectivity index (χ1) is 37.5. The summed E-state index contributed by atoms with van der Waals surface area (Å²) in [6, 6.07) is 6.55. The number of azo groups is 2. The molecule has 2 N–H and O–H groups in total. The van der Waals surface area contributed by atoms with E-state index in [1.165, 1.54) is 6.07 Å². The van der Waals surface area contributed by atoms with Gasteiger partial charge in [-0.15, -0.1) is 40.9 Å². The zero-order valence-electron chi connectivity index (χ0n) is 45.0. The van der Waals surface area contributed by atoms with Gasteiger partial charge in [-0.05, 0) is 99.6 Å². The molecule has 0 saturated heterocycles. The molecule has 2 atom stereocenters. The fourth-order valence-corrected chi connectivity index (χ4v) is 11.3. The maximum atomic E-state index is 13.3. The molecular formula is C49H68F6N12O8S4. The number of ether oxygens (including phenoxy) is 2. The zero-order chi connectivity index (χ0) is 58.0. The number of halogens is 6. The van der Waals surface area contributed by atoms with Crippen molar-refractivity contribution >= 4 is 99.0 Å². The van der Waals surface area contributed by atoms with Gasteiger partial charge in [-0.2, -0.15) is 34.8 Å². The highest BCUT2D eigenvalue weighted by atomic mass is 32.2. The minimum absolute atomic E-state index is 0.0106. The van der Waals surface area contributed by atoms with Crippen molar-refractivity contribution in [3.8, 4) is 0 Å². The van der Waals surface area contributed by atoms with Crippen LogP contribution in [0.4, 0.5) is 70.7 Å². The molecule has 2 aliphatic rings. The van der Waals surface area contributed by atoms with E-state index in [1.54, 1.807) is 22.9 Å². The van der Waals surface area contributed by atoms with Gasteiger partial charge in [0.1, 0.15) is 11.4 Å². The van der Waals surface area contributed by atoms with E-state index in [2.05, 4.69) is 76.1 Å². The second-order valence-electron chi connectivity index (χ2n) is 18.7. The Bertz CT molecular complexity index is 2940. The highest BCUT2D eigenvalue weighted by Gasteiger charge is 2.46. The Labute approximate surface area is 464 Å². The number of aromatic nitrogens is 4. The van der Waals surface area contributed by atoms with Gasteiger partial charge >= 0.3 is 33.6 Å². The zero-order valence-corrected chi connectivity index (χ0v) is 48.2. The highest BCUT2D eigenvalue weighted by Crippen LogP contribution is 2.43. The lowest BCUT2D eigenvalue weighted by atomic mass is 9.93. The van der Waals surface area contributed by atoms with Crippen molar-refractivity contribution < 1.29 is 62.2 Å². The third-order valence-corrected chi connectivity index (χ3v) is 16.5. The molecule has 0 radical (unpaired) electrons. The third kappa shape index (κ3) is 19.0. The Kier molecular flexibility index (Phi) is 24.2. The van der Waals surface area contributed by atoms with Crippen LogP contribution < -0.4 is 19.2 Å². The molecule has 2 aliphatic heterocycles. The molecule has 0 amide bonds. The molecule has 4 heterocycles. The third-order valence-electron chi connectivity index (χ3n) is 12.6. The average Bonchev–Trinajstić information content (AvgIpc) is 4.24. The number of hydrogen-bond acceptors (Lipinski definition) is 20. The van der Waals surface area contributed by atoms with Crippen LogP contribution in [-0.4, -0.2) is 105 Å². The van der Waals surface area contributed by atoms with Crippen LogP contribution in [0.15, 0.2) is 44.7 Å². The first-order valence-electron chi connectivity index (χ1n) is 26.3. The van der Waals surface area contributed by atoms with Crippen LogP contribution in [-0.2, 0) is 42.4 Å². The maximum absolute atomic E-state index is 13.3. The average molecular weight is 1200 g/mol. The van der Waals surface area contributed by atoms with E-state index in [9.17, 15) is 52.8 Å². The number of carbonyl (C=O) groups is 2. The lowest BCUT2D eigenvalue weighted by molar-refractivity contribution is -0.106. The van der Waals surface area contributed by atoms with Gasteiger partial charge in [-0.3, -0.25) is 9.44 Å². The van der Waals surface area contributed by atoms with Crippen molar-refractivity contribution in [2.75, 3.05) is 51.3 Å². The molecule has 0 fully saturated rings. The van der Waals surface area contributed by atoms with E-state index < -0.39 is 49.4 Å². The summed E-state index contributed by atoms with van der Waals surface area (Å²) in [6.45, 7) is 14.2. The quantitative estimate of drug-likeness (QED) is 0.0244. The summed E-state index contributed by atoms with van der Waals surface area (Å²) >= 11 is 1.64. The molecule has 20 nitrogen and oxygen atoms in total. The normalized spacial score (nSPS) is 15.9. The number of anilines is 4. The number of fused-ring (bicyclic) bond motifs is 2. The molecule has 2 aromatic carbocycles. The Morgan fingerprint density at radius 3 is 1.41 bits per heavy atom. The number of nitrogens with one attached hydrogen (secondary N) is 2. The molecule has 79 heavy (non-hydrogen) atoms. The fraction of sp³-hybridized carbons (Fsp3) is 0.633. The number of rotatable bonds is 27. The van der Waals surface area contributed by atoms with E-state index in [0.29, 0.717) is 37.9 Å². The van der Waals surface area contributed by atoms with E-state index in [4.69, 9.17) is 9.47 Å². The second-order valence-corrected chi connectivity index (χ2v) is 24.0. The van der Waals surface area contributed by atoms with Crippen LogP contribution in [0.5, 0.6) is 0 Å². The van der Waals surface area contributed by atoms with E-state index >= 15 is 0 Å². The Balaban J connectivity index is 0.000000291. The van der Waals surface area contributed by atoms with Gasteiger partial charge < -0.3 is 19.3 Å². The summed E-state index contributed by atoms with van der Waals surface area (Å²) in [6.07, 6.45) is 8.88. The number of carbonyl (C=O) groups excluding carboxylic acids is 2. The van der Waals surface area contributed by atoms with Crippen molar-refractivity contribution in [3.63, 3.8) is 0 Å². The lowest BCUT2D eigenvalue weighted by Crippen LogP contribution is -2.39. The summed E-state index contributed by atoms with van der Waals surface area (Å²) in [5.74, 6) is -3.34. The molecule has 6 rings (SSSR count).